The van der Waals surface area contributed by atoms with E-state index in [1.165, 1.54) is 12.1 Å². The van der Waals surface area contributed by atoms with Crippen molar-refractivity contribution in [3.63, 3.8) is 0 Å². The van der Waals surface area contributed by atoms with Crippen LogP contribution >= 0.6 is 46.4 Å². The molecule has 8 heteroatoms. The molecule has 0 radical (unpaired) electrons. The monoisotopic (exact) mass is 359 g/mol. The summed E-state index contributed by atoms with van der Waals surface area (Å²) in [7, 11) is 0. The Morgan fingerprint density at radius 3 is 1.85 bits per heavy atom. The highest BCUT2D eigenvalue weighted by Gasteiger charge is 2.34. The molecule has 0 spiro atoms. The van der Waals surface area contributed by atoms with Crippen LogP contribution < -0.4 is 0 Å². The summed E-state index contributed by atoms with van der Waals surface area (Å²) >= 11 is 23.3. The van der Waals surface area contributed by atoms with Crippen molar-refractivity contribution in [2.45, 2.75) is 6.18 Å². The molecule has 106 valence electrons. The Morgan fingerprint density at radius 1 is 0.850 bits per heavy atom. The Balaban J connectivity index is 2.59. The molecule has 0 amide bonds. The van der Waals surface area contributed by atoms with E-state index in [1.807, 2.05) is 0 Å². The average molecular weight is 361 g/mol. The highest BCUT2D eigenvalue weighted by molar-refractivity contribution is 6.41. The Labute approximate surface area is 132 Å². The van der Waals surface area contributed by atoms with Crippen LogP contribution in [0.4, 0.5) is 13.2 Å². The highest BCUT2D eigenvalue weighted by Crippen LogP contribution is 2.40. The summed E-state index contributed by atoms with van der Waals surface area (Å²) in [5.74, 6) is 0. The predicted octanol–water partition coefficient (Wildman–Crippen LogP) is 6.38. The lowest BCUT2D eigenvalue weighted by atomic mass is 10.1. The summed E-state index contributed by atoms with van der Waals surface area (Å²) in [6, 6.07) is 3.89. The van der Waals surface area contributed by atoms with Crippen LogP contribution in [-0.2, 0) is 6.18 Å². The number of hydrogen-bond donors (Lipinski definition) is 0. The molecule has 0 atom stereocenters. The van der Waals surface area contributed by atoms with Gasteiger partial charge in [-0.1, -0.05) is 46.4 Å². The number of halogens is 7. The van der Waals surface area contributed by atoms with Gasteiger partial charge in [0, 0.05) is 16.8 Å². The molecule has 0 N–H and O–H groups in total. The van der Waals surface area contributed by atoms with Gasteiger partial charge < -0.3 is 0 Å². The number of rotatable bonds is 1. The zero-order chi connectivity index (χ0) is 15.1. The molecule has 2 aromatic rings. The SMILES string of the molecule is FC(F)(F)c1cnc(-c2c(Cl)cc(Cl)cc2Cl)cc1Cl. The number of aromatic nitrogens is 1. The maximum atomic E-state index is 12.6. The zero-order valence-corrected chi connectivity index (χ0v) is 12.4. The van der Waals surface area contributed by atoms with E-state index in [4.69, 9.17) is 46.4 Å². The van der Waals surface area contributed by atoms with Crippen molar-refractivity contribution in [1.29, 1.82) is 0 Å². The predicted molar refractivity (Wildman–Crippen MR) is 74.7 cm³/mol. The van der Waals surface area contributed by atoms with E-state index >= 15 is 0 Å². The quantitative estimate of drug-likeness (QED) is 0.574. The van der Waals surface area contributed by atoms with Gasteiger partial charge in [0.2, 0.25) is 0 Å². The van der Waals surface area contributed by atoms with E-state index < -0.39 is 16.8 Å². The molecular formula is C12H4Cl4F3N. The molecule has 1 heterocycles. The van der Waals surface area contributed by atoms with Crippen LogP contribution in [0.2, 0.25) is 20.1 Å². The molecule has 0 saturated carbocycles. The fourth-order valence-corrected chi connectivity index (χ4v) is 2.83. The van der Waals surface area contributed by atoms with Crippen molar-refractivity contribution in [1.82, 2.24) is 4.98 Å². The van der Waals surface area contributed by atoms with E-state index in [-0.39, 0.29) is 21.3 Å². The summed E-state index contributed by atoms with van der Waals surface area (Å²) in [6.07, 6.45) is -3.94. The lowest BCUT2D eigenvalue weighted by Crippen LogP contribution is -2.06. The first-order chi connectivity index (χ1) is 9.20. The summed E-state index contributed by atoms with van der Waals surface area (Å²) in [5, 5.41) is 0.169. The molecule has 0 aliphatic rings. The second-order valence-electron chi connectivity index (χ2n) is 3.79. The van der Waals surface area contributed by atoms with Gasteiger partial charge in [0.25, 0.3) is 0 Å². The zero-order valence-electron chi connectivity index (χ0n) is 9.40. The Kier molecular flexibility index (Phi) is 4.40. The molecule has 0 unspecified atom stereocenters. The second-order valence-corrected chi connectivity index (χ2v) is 5.45. The summed E-state index contributed by atoms with van der Waals surface area (Å²) in [6.45, 7) is 0. The van der Waals surface area contributed by atoms with Crippen molar-refractivity contribution < 1.29 is 13.2 Å². The standard InChI is InChI=1S/C12H4Cl4F3N/c13-5-1-8(15)11(9(16)2-5)10-3-7(14)6(4-20-10)12(17,18)19/h1-4H. The first kappa shape index (κ1) is 15.7. The number of nitrogens with zero attached hydrogens (tertiary/aromatic N) is 1. The molecule has 0 aliphatic carbocycles. The van der Waals surface area contributed by atoms with Gasteiger partial charge in [-0.2, -0.15) is 13.2 Å². The summed E-state index contributed by atoms with van der Waals surface area (Å²) < 4.78 is 37.8. The van der Waals surface area contributed by atoms with Gasteiger partial charge in [-0.25, -0.2) is 0 Å². The number of benzene rings is 1. The second kappa shape index (κ2) is 5.60. The van der Waals surface area contributed by atoms with E-state index in [9.17, 15) is 13.2 Å². The third-order valence-electron chi connectivity index (χ3n) is 2.42. The number of hydrogen-bond acceptors (Lipinski definition) is 1. The summed E-state index contributed by atoms with van der Waals surface area (Å²) in [4.78, 5) is 3.71. The van der Waals surface area contributed by atoms with Crippen LogP contribution in [0, 0.1) is 0 Å². The van der Waals surface area contributed by atoms with Crippen LogP contribution in [0.3, 0.4) is 0 Å². The first-order valence-electron chi connectivity index (χ1n) is 5.08. The minimum atomic E-state index is -4.57. The highest BCUT2D eigenvalue weighted by atomic mass is 35.5. The maximum absolute atomic E-state index is 12.6. The number of pyridine rings is 1. The Bertz CT molecular complexity index is 647. The van der Waals surface area contributed by atoms with Gasteiger partial charge in [0.05, 0.1) is 26.3 Å². The molecule has 2 rings (SSSR count). The van der Waals surface area contributed by atoms with Gasteiger partial charge in [-0.05, 0) is 18.2 Å². The fraction of sp³-hybridized carbons (Fsp3) is 0.0833. The Hall–Kier alpha value is -0.680. The Morgan fingerprint density at radius 2 is 1.40 bits per heavy atom. The van der Waals surface area contributed by atoms with Crippen molar-refractivity contribution in [3.8, 4) is 11.3 Å². The molecule has 0 aliphatic heterocycles. The van der Waals surface area contributed by atoms with Crippen LogP contribution in [0.1, 0.15) is 5.56 Å². The minimum Gasteiger partial charge on any atom is -0.255 e. The topological polar surface area (TPSA) is 12.9 Å². The molecular weight excluding hydrogens is 357 g/mol. The minimum absolute atomic E-state index is 0.134. The molecule has 0 bridgehead atoms. The normalized spacial score (nSPS) is 11.8. The van der Waals surface area contributed by atoms with Crippen LogP contribution in [0.5, 0.6) is 0 Å². The van der Waals surface area contributed by atoms with E-state index in [2.05, 4.69) is 4.98 Å². The van der Waals surface area contributed by atoms with E-state index in [1.54, 1.807) is 0 Å². The van der Waals surface area contributed by atoms with Crippen molar-refractivity contribution >= 4 is 46.4 Å². The van der Waals surface area contributed by atoms with E-state index in [0.29, 0.717) is 11.2 Å². The largest absolute Gasteiger partial charge is 0.419 e. The van der Waals surface area contributed by atoms with Gasteiger partial charge in [0.15, 0.2) is 0 Å². The van der Waals surface area contributed by atoms with E-state index in [0.717, 1.165) is 6.07 Å². The van der Waals surface area contributed by atoms with Gasteiger partial charge in [0.1, 0.15) is 0 Å². The molecule has 1 nitrogen and oxygen atoms in total. The summed E-state index contributed by atoms with van der Waals surface area (Å²) in [5.41, 5.74) is -0.618. The van der Waals surface area contributed by atoms with Crippen LogP contribution in [0.25, 0.3) is 11.3 Å². The third kappa shape index (κ3) is 3.14. The smallest absolute Gasteiger partial charge is 0.255 e. The van der Waals surface area contributed by atoms with Crippen molar-refractivity contribution in [2.75, 3.05) is 0 Å². The van der Waals surface area contributed by atoms with Gasteiger partial charge in [-0.3, -0.25) is 4.98 Å². The van der Waals surface area contributed by atoms with Crippen LogP contribution in [-0.4, -0.2) is 4.98 Å². The lowest BCUT2D eigenvalue weighted by Gasteiger charge is -2.11. The molecule has 1 aromatic heterocycles. The fourth-order valence-electron chi connectivity index (χ4n) is 1.56. The third-order valence-corrected chi connectivity index (χ3v) is 3.55. The lowest BCUT2D eigenvalue weighted by molar-refractivity contribution is -0.137. The van der Waals surface area contributed by atoms with Crippen LogP contribution in [0.15, 0.2) is 24.4 Å². The molecule has 0 saturated heterocycles. The number of alkyl halides is 3. The van der Waals surface area contributed by atoms with Gasteiger partial charge in [-0.15, -0.1) is 0 Å². The maximum Gasteiger partial charge on any atom is 0.419 e. The average Bonchev–Trinajstić information content (AvgIpc) is 2.25. The molecule has 20 heavy (non-hydrogen) atoms. The van der Waals surface area contributed by atoms with Crippen molar-refractivity contribution in [3.05, 3.63) is 50.0 Å². The molecule has 1 aromatic carbocycles. The first-order valence-corrected chi connectivity index (χ1v) is 6.59. The van der Waals surface area contributed by atoms with Gasteiger partial charge >= 0.3 is 6.18 Å². The molecule has 0 fully saturated rings. The van der Waals surface area contributed by atoms with Crippen molar-refractivity contribution in [2.24, 2.45) is 0 Å².